The molecule has 4 aliphatic rings. The first kappa shape index (κ1) is 33.4. The van der Waals surface area contributed by atoms with Crippen molar-refractivity contribution in [2.24, 2.45) is 11.8 Å². The van der Waals surface area contributed by atoms with Gasteiger partial charge in [0.1, 0.15) is 11.3 Å². The van der Waals surface area contributed by atoms with E-state index in [4.69, 9.17) is 25.8 Å². The second kappa shape index (κ2) is 14.0. The summed E-state index contributed by atoms with van der Waals surface area (Å²) in [5.41, 5.74) is 6.00. The minimum absolute atomic E-state index is 0.108. The van der Waals surface area contributed by atoms with Crippen LogP contribution in [-0.4, -0.2) is 41.1 Å². The molecular weight excluding hydrogens is 624 g/mol. The number of rotatable bonds is 11. The number of hydrogen-bond donors (Lipinski definition) is 2. The topological polar surface area (TPSA) is 89.9 Å². The molecule has 3 aromatic rings. The van der Waals surface area contributed by atoms with Gasteiger partial charge in [-0.2, -0.15) is 0 Å². The van der Waals surface area contributed by atoms with Crippen LogP contribution in [0.3, 0.4) is 0 Å². The van der Waals surface area contributed by atoms with Crippen molar-refractivity contribution in [1.82, 2.24) is 4.98 Å². The van der Waals surface area contributed by atoms with Gasteiger partial charge in [0, 0.05) is 41.2 Å². The van der Waals surface area contributed by atoms with Crippen molar-refractivity contribution >= 4 is 23.3 Å². The Kier molecular flexibility index (Phi) is 9.74. The highest BCUT2D eigenvalue weighted by molar-refractivity contribution is 6.30. The van der Waals surface area contributed by atoms with Crippen LogP contribution in [0, 0.1) is 11.8 Å². The molecule has 2 aromatic carbocycles. The number of ether oxygens (including phenoxy) is 3. The molecule has 2 heterocycles. The first-order valence-corrected chi connectivity index (χ1v) is 18.4. The molecule has 256 valence electrons. The molecule has 4 atom stereocenters. The SMILES string of the molecule is C[C@@H](COc1ccnc2c1[C@H](C)CCC2)C[C@@H]1Cc2ccc(COC3CCCO3)cc2C12CCC(Nc1cccc(Cl)c1)(C(=O)O)CC2. The van der Waals surface area contributed by atoms with E-state index >= 15 is 0 Å². The fourth-order valence-electron chi connectivity index (χ4n) is 9.10. The Labute approximate surface area is 289 Å². The third-order valence-electron chi connectivity index (χ3n) is 11.7. The third-order valence-corrected chi connectivity index (χ3v) is 11.9. The number of benzene rings is 2. The summed E-state index contributed by atoms with van der Waals surface area (Å²) >= 11 is 6.28. The van der Waals surface area contributed by atoms with E-state index in [1.54, 1.807) is 0 Å². The molecule has 2 fully saturated rings. The Balaban J connectivity index is 1.12. The predicted molar refractivity (Wildman–Crippen MR) is 188 cm³/mol. The lowest BCUT2D eigenvalue weighted by molar-refractivity contribution is -0.144. The monoisotopic (exact) mass is 672 g/mol. The lowest BCUT2D eigenvalue weighted by Crippen LogP contribution is -2.53. The summed E-state index contributed by atoms with van der Waals surface area (Å²) in [5.74, 6) is 1.39. The van der Waals surface area contributed by atoms with Crippen LogP contribution in [0.25, 0.3) is 0 Å². The number of carboxylic acid groups (broad SMARTS) is 1. The molecule has 3 aliphatic carbocycles. The van der Waals surface area contributed by atoms with Crippen molar-refractivity contribution in [3.8, 4) is 5.75 Å². The molecule has 0 radical (unpaired) electrons. The lowest BCUT2D eigenvalue weighted by atomic mass is 9.59. The van der Waals surface area contributed by atoms with Gasteiger partial charge in [0.15, 0.2) is 6.29 Å². The molecule has 1 saturated carbocycles. The molecular formula is C40H49ClN2O5. The molecule has 1 spiro atoms. The maximum atomic E-state index is 12.9. The van der Waals surface area contributed by atoms with E-state index < -0.39 is 11.5 Å². The van der Waals surface area contributed by atoms with Gasteiger partial charge in [-0.3, -0.25) is 4.98 Å². The van der Waals surface area contributed by atoms with Gasteiger partial charge in [-0.1, -0.05) is 49.7 Å². The normalized spacial score (nSPS) is 28.5. The van der Waals surface area contributed by atoms with E-state index in [0.717, 1.165) is 68.6 Å². The minimum Gasteiger partial charge on any atom is -0.493 e. The quantitative estimate of drug-likeness (QED) is 0.210. The van der Waals surface area contributed by atoms with Crippen molar-refractivity contribution in [3.05, 3.63) is 87.7 Å². The van der Waals surface area contributed by atoms with Gasteiger partial charge >= 0.3 is 5.97 Å². The third kappa shape index (κ3) is 6.71. The van der Waals surface area contributed by atoms with E-state index in [9.17, 15) is 9.90 Å². The maximum absolute atomic E-state index is 12.9. The Morgan fingerprint density at radius 3 is 2.75 bits per heavy atom. The Morgan fingerprint density at radius 2 is 1.98 bits per heavy atom. The zero-order valence-corrected chi connectivity index (χ0v) is 29.1. The largest absolute Gasteiger partial charge is 0.493 e. The van der Waals surface area contributed by atoms with Crippen LogP contribution >= 0.6 is 11.6 Å². The lowest BCUT2D eigenvalue weighted by Gasteiger charge is -2.47. The molecule has 0 amide bonds. The van der Waals surface area contributed by atoms with Crippen LogP contribution in [0.1, 0.15) is 106 Å². The van der Waals surface area contributed by atoms with Crippen LogP contribution in [0.2, 0.25) is 5.02 Å². The first-order valence-electron chi connectivity index (χ1n) is 18.0. The minimum atomic E-state index is -1.05. The molecule has 1 saturated heterocycles. The smallest absolute Gasteiger partial charge is 0.329 e. The molecule has 0 bridgehead atoms. The highest BCUT2D eigenvalue weighted by Crippen LogP contribution is 2.56. The number of carbonyl (C=O) groups is 1. The molecule has 8 heteroatoms. The average molecular weight is 673 g/mol. The number of anilines is 1. The van der Waals surface area contributed by atoms with Gasteiger partial charge in [-0.05, 0) is 128 Å². The molecule has 48 heavy (non-hydrogen) atoms. The standard InChI is InChI=1S/C40H49ClN2O5/c1-26(24-47-35-13-18-42-34-9-3-6-27(2)37(34)35)20-30-22-29-12-11-28(25-48-36-10-5-19-46-36)21-33(29)39(30)14-16-40(17-15-39,38(44)45)43-32-8-4-7-31(41)23-32/h4,7-8,11-13,18,21,23,26-27,30,36,43H,3,5-6,9-10,14-17,19-20,22,24-25H2,1-2H3,(H,44,45)/t26-,27-,30-,36?,39?,40?/m1/s1. The predicted octanol–water partition coefficient (Wildman–Crippen LogP) is 8.85. The second-order valence-corrected chi connectivity index (χ2v) is 15.4. The molecule has 7 nitrogen and oxygen atoms in total. The highest BCUT2D eigenvalue weighted by Gasteiger charge is 2.54. The Hall–Kier alpha value is -3.13. The van der Waals surface area contributed by atoms with Crippen LogP contribution < -0.4 is 10.1 Å². The zero-order valence-electron chi connectivity index (χ0n) is 28.3. The van der Waals surface area contributed by atoms with Gasteiger partial charge in [-0.15, -0.1) is 0 Å². The summed E-state index contributed by atoms with van der Waals surface area (Å²) in [6, 6.07) is 16.3. The van der Waals surface area contributed by atoms with Crippen LogP contribution in [0.15, 0.2) is 54.7 Å². The van der Waals surface area contributed by atoms with Gasteiger partial charge in [0.05, 0.1) is 13.2 Å². The van der Waals surface area contributed by atoms with Crippen LogP contribution in [0.5, 0.6) is 5.75 Å². The molecule has 2 N–H and O–H groups in total. The number of aryl methyl sites for hydroxylation is 1. The average Bonchev–Trinajstić information content (AvgIpc) is 3.70. The first-order chi connectivity index (χ1) is 23.2. The summed E-state index contributed by atoms with van der Waals surface area (Å²) in [6.07, 6.45) is 11.8. The second-order valence-electron chi connectivity index (χ2n) is 14.9. The maximum Gasteiger partial charge on any atom is 0.329 e. The molecule has 1 aromatic heterocycles. The Morgan fingerprint density at radius 1 is 1.12 bits per heavy atom. The number of fused-ring (bicyclic) bond motifs is 3. The van der Waals surface area contributed by atoms with Crippen molar-refractivity contribution in [1.29, 1.82) is 0 Å². The number of halogens is 1. The van der Waals surface area contributed by atoms with Crippen molar-refractivity contribution in [3.63, 3.8) is 0 Å². The van der Waals surface area contributed by atoms with E-state index in [1.807, 2.05) is 36.5 Å². The zero-order chi connectivity index (χ0) is 33.3. The van der Waals surface area contributed by atoms with Crippen molar-refractivity contribution < 1.29 is 24.1 Å². The summed E-state index contributed by atoms with van der Waals surface area (Å²) in [4.78, 5) is 17.6. The number of carboxylic acids is 1. The van der Waals surface area contributed by atoms with Crippen LogP contribution in [0.4, 0.5) is 5.69 Å². The van der Waals surface area contributed by atoms with Gasteiger partial charge in [0.2, 0.25) is 0 Å². The fraction of sp³-hybridized carbons (Fsp3) is 0.550. The molecule has 1 unspecified atom stereocenters. The van der Waals surface area contributed by atoms with E-state index in [0.29, 0.717) is 48.8 Å². The summed E-state index contributed by atoms with van der Waals surface area (Å²) in [7, 11) is 0. The number of nitrogens with zero attached hydrogens (tertiary/aromatic N) is 1. The number of hydrogen-bond acceptors (Lipinski definition) is 6. The summed E-state index contributed by atoms with van der Waals surface area (Å²) in [6.45, 7) is 6.53. The molecule has 7 rings (SSSR count). The van der Waals surface area contributed by atoms with Gasteiger partial charge in [0.25, 0.3) is 0 Å². The van der Waals surface area contributed by atoms with Gasteiger partial charge < -0.3 is 24.6 Å². The number of pyridine rings is 1. The highest BCUT2D eigenvalue weighted by atomic mass is 35.5. The van der Waals surface area contributed by atoms with E-state index in [2.05, 4.69) is 42.3 Å². The Bertz CT molecular complexity index is 1610. The summed E-state index contributed by atoms with van der Waals surface area (Å²) < 4.78 is 18.4. The van der Waals surface area contributed by atoms with E-state index in [1.165, 1.54) is 35.2 Å². The van der Waals surface area contributed by atoms with Crippen LogP contribution in [-0.2, 0) is 39.1 Å². The fourth-order valence-corrected chi connectivity index (χ4v) is 9.29. The van der Waals surface area contributed by atoms with Crippen molar-refractivity contribution in [2.75, 3.05) is 18.5 Å². The number of aliphatic carboxylic acids is 1. The summed E-state index contributed by atoms with van der Waals surface area (Å²) in [5, 5.41) is 14.6. The van der Waals surface area contributed by atoms with Crippen molar-refractivity contribution in [2.45, 2.75) is 114 Å². The number of aromatic nitrogens is 1. The van der Waals surface area contributed by atoms with Gasteiger partial charge in [-0.25, -0.2) is 4.79 Å². The number of nitrogens with one attached hydrogen (secondary N) is 1. The van der Waals surface area contributed by atoms with E-state index in [-0.39, 0.29) is 11.7 Å². The molecule has 1 aliphatic heterocycles.